The van der Waals surface area contributed by atoms with Crippen molar-refractivity contribution in [3.8, 4) is 0 Å². The summed E-state index contributed by atoms with van der Waals surface area (Å²) in [5.74, 6) is -0.960. The van der Waals surface area contributed by atoms with Crippen molar-refractivity contribution in [2.45, 2.75) is 19.3 Å². The monoisotopic (exact) mass is 584 g/mol. The summed E-state index contributed by atoms with van der Waals surface area (Å²) >= 11 is 0. The van der Waals surface area contributed by atoms with E-state index in [-0.39, 0.29) is 18.4 Å². The Hall–Kier alpha value is -4.65. The van der Waals surface area contributed by atoms with E-state index in [1.807, 2.05) is 30.3 Å². The van der Waals surface area contributed by atoms with E-state index in [4.69, 9.17) is 0 Å². The fourth-order valence-electron chi connectivity index (χ4n) is 3.86. The third kappa shape index (κ3) is 7.72. The highest BCUT2D eigenvalue weighted by Crippen LogP contribution is 2.34. The lowest BCUT2D eigenvalue weighted by molar-refractivity contribution is -0.137. The molecule has 3 aromatic carbocycles. The molecule has 0 bridgehead atoms. The van der Waals surface area contributed by atoms with Crippen molar-refractivity contribution in [1.29, 1.82) is 0 Å². The molecule has 0 unspecified atom stereocenters. The van der Waals surface area contributed by atoms with Gasteiger partial charge in [-0.25, -0.2) is 13.4 Å². The van der Waals surface area contributed by atoms with Crippen molar-refractivity contribution in [3.05, 3.63) is 107 Å². The SMILES string of the molecule is CN(c1ccccc1CNc1nc(Nc2cccc(C(=O)NCc3ccccc3)c2)ncc1C(F)(F)F)S(C)(=O)=O. The molecule has 0 radical (unpaired) electrons. The summed E-state index contributed by atoms with van der Waals surface area (Å²) in [4.78, 5) is 20.5. The molecule has 13 heteroatoms. The van der Waals surface area contributed by atoms with E-state index in [0.29, 0.717) is 35.2 Å². The first kappa shape index (κ1) is 29.3. The molecule has 9 nitrogen and oxygen atoms in total. The summed E-state index contributed by atoms with van der Waals surface area (Å²) < 4.78 is 66.4. The van der Waals surface area contributed by atoms with E-state index in [2.05, 4.69) is 25.9 Å². The maximum Gasteiger partial charge on any atom is 0.421 e. The Morgan fingerprint density at radius 3 is 2.37 bits per heavy atom. The normalized spacial score (nSPS) is 11.5. The molecule has 0 aliphatic heterocycles. The molecule has 1 aromatic heterocycles. The zero-order valence-electron chi connectivity index (χ0n) is 22.1. The van der Waals surface area contributed by atoms with Gasteiger partial charge in [0.05, 0.1) is 11.9 Å². The van der Waals surface area contributed by atoms with Crippen molar-refractivity contribution in [1.82, 2.24) is 15.3 Å². The molecular weight excluding hydrogens is 557 g/mol. The van der Waals surface area contributed by atoms with Gasteiger partial charge in [0.25, 0.3) is 5.91 Å². The first-order valence-electron chi connectivity index (χ1n) is 12.3. The summed E-state index contributed by atoms with van der Waals surface area (Å²) in [6, 6.07) is 22.2. The lowest BCUT2D eigenvalue weighted by Gasteiger charge is -2.21. The zero-order valence-corrected chi connectivity index (χ0v) is 22.9. The van der Waals surface area contributed by atoms with E-state index in [9.17, 15) is 26.4 Å². The molecule has 41 heavy (non-hydrogen) atoms. The van der Waals surface area contributed by atoms with E-state index in [1.165, 1.54) is 13.1 Å². The lowest BCUT2D eigenvalue weighted by atomic mass is 10.1. The fourth-order valence-corrected chi connectivity index (χ4v) is 4.39. The largest absolute Gasteiger partial charge is 0.421 e. The molecule has 3 N–H and O–H groups in total. The Balaban J connectivity index is 1.53. The number of amides is 1. The minimum atomic E-state index is -4.75. The van der Waals surface area contributed by atoms with Gasteiger partial charge in [0.15, 0.2) is 0 Å². The topological polar surface area (TPSA) is 116 Å². The summed E-state index contributed by atoms with van der Waals surface area (Å²) in [5, 5.41) is 8.34. The molecule has 214 valence electrons. The average Bonchev–Trinajstić information content (AvgIpc) is 2.94. The van der Waals surface area contributed by atoms with Gasteiger partial charge in [-0.15, -0.1) is 0 Å². The standard InChI is InChI=1S/C28H27F3N6O3S/c1-37(41(2,39)40)24-14-7-6-11-21(24)17-32-25-23(28(29,30)31)18-34-27(36-25)35-22-13-8-12-20(15-22)26(38)33-16-19-9-4-3-5-10-19/h3-15,18H,16-17H2,1-2H3,(H,33,38)(H2,32,34,35,36). The molecule has 1 heterocycles. The van der Waals surface area contributed by atoms with Crippen LogP contribution in [0, 0.1) is 0 Å². The number of anilines is 4. The number of nitrogens with zero attached hydrogens (tertiary/aromatic N) is 3. The number of nitrogens with one attached hydrogen (secondary N) is 3. The van der Waals surface area contributed by atoms with E-state index in [1.54, 1.807) is 42.5 Å². The second-order valence-corrected chi connectivity index (χ2v) is 11.1. The number of sulfonamides is 1. The highest BCUT2D eigenvalue weighted by atomic mass is 32.2. The van der Waals surface area contributed by atoms with Crippen LogP contribution in [0.3, 0.4) is 0 Å². The molecule has 0 aliphatic carbocycles. The molecule has 0 saturated heterocycles. The molecule has 4 aromatic rings. The number of rotatable bonds is 10. The van der Waals surface area contributed by atoms with Crippen LogP contribution < -0.4 is 20.3 Å². The van der Waals surface area contributed by atoms with Crippen LogP contribution in [0.15, 0.2) is 85.1 Å². The first-order chi connectivity index (χ1) is 19.4. The summed E-state index contributed by atoms with van der Waals surface area (Å²) in [6.07, 6.45) is -3.06. The van der Waals surface area contributed by atoms with Crippen LogP contribution in [-0.4, -0.2) is 37.6 Å². The fraction of sp³-hybridized carbons (Fsp3) is 0.179. The number of para-hydroxylation sites is 1. The molecule has 4 rings (SSSR count). The number of benzene rings is 3. The van der Waals surface area contributed by atoms with Gasteiger partial charge in [-0.3, -0.25) is 9.10 Å². The van der Waals surface area contributed by atoms with Crippen LogP contribution in [0.4, 0.5) is 36.3 Å². The predicted octanol–water partition coefficient (Wildman–Crippen LogP) is 5.18. The van der Waals surface area contributed by atoms with Crippen molar-refractivity contribution in [2.24, 2.45) is 0 Å². The smallest absolute Gasteiger partial charge is 0.365 e. The second-order valence-electron chi connectivity index (χ2n) is 9.04. The summed E-state index contributed by atoms with van der Waals surface area (Å²) in [5.41, 5.74) is 1.32. The number of hydrogen-bond acceptors (Lipinski definition) is 7. The number of aromatic nitrogens is 2. The quantitative estimate of drug-likeness (QED) is 0.235. The number of hydrogen-bond donors (Lipinski definition) is 3. The Kier molecular flexibility index (Phi) is 8.77. The van der Waals surface area contributed by atoms with E-state index < -0.39 is 27.6 Å². The Morgan fingerprint density at radius 2 is 1.66 bits per heavy atom. The van der Waals surface area contributed by atoms with Gasteiger partial charge in [0.1, 0.15) is 11.4 Å². The molecular formula is C28H27F3N6O3S. The number of halogens is 3. The summed E-state index contributed by atoms with van der Waals surface area (Å²) in [6.45, 7) is 0.185. The number of carbonyl (C=O) groups excluding carboxylic acids is 1. The Labute approximate surface area is 235 Å². The second kappa shape index (κ2) is 12.3. The van der Waals surface area contributed by atoms with Gasteiger partial charge in [0.2, 0.25) is 16.0 Å². The third-order valence-electron chi connectivity index (χ3n) is 6.05. The van der Waals surface area contributed by atoms with E-state index >= 15 is 0 Å². The lowest BCUT2D eigenvalue weighted by Crippen LogP contribution is -2.26. The van der Waals surface area contributed by atoms with Crippen LogP contribution in [0.2, 0.25) is 0 Å². The van der Waals surface area contributed by atoms with Crippen molar-refractivity contribution in [2.75, 3.05) is 28.2 Å². The van der Waals surface area contributed by atoms with Crippen molar-refractivity contribution in [3.63, 3.8) is 0 Å². The highest BCUT2D eigenvalue weighted by molar-refractivity contribution is 7.92. The van der Waals surface area contributed by atoms with Crippen LogP contribution in [-0.2, 0) is 29.3 Å². The average molecular weight is 585 g/mol. The third-order valence-corrected chi connectivity index (χ3v) is 7.24. The van der Waals surface area contributed by atoms with Crippen LogP contribution in [0.25, 0.3) is 0 Å². The van der Waals surface area contributed by atoms with Crippen LogP contribution >= 0.6 is 0 Å². The van der Waals surface area contributed by atoms with Crippen LogP contribution in [0.1, 0.15) is 27.0 Å². The molecule has 0 spiro atoms. The minimum absolute atomic E-state index is 0.135. The van der Waals surface area contributed by atoms with Crippen molar-refractivity contribution >= 4 is 39.1 Å². The molecule has 1 amide bonds. The number of carbonyl (C=O) groups is 1. The van der Waals surface area contributed by atoms with Gasteiger partial charge in [-0.1, -0.05) is 54.6 Å². The molecule has 0 saturated carbocycles. The summed E-state index contributed by atoms with van der Waals surface area (Å²) in [7, 11) is -2.24. The van der Waals surface area contributed by atoms with Gasteiger partial charge in [-0.05, 0) is 35.4 Å². The molecule has 0 aliphatic rings. The minimum Gasteiger partial charge on any atom is -0.365 e. The van der Waals surface area contributed by atoms with Gasteiger partial charge in [-0.2, -0.15) is 18.2 Å². The van der Waals surface area contributed by atoms with Gasteiger partial charge >= 0.3 is 6.18 Å². The van der Waals surface area contributed by atoms with Gasteiger partial charge < -0.3 is 16.0 Å². The van der Waals surface area contributed by atoms with Gasteiger partial charge in [0, 0.05) is 37.6 Å². The Bertz CT molecular complexity index is 1630. The zero-order chi connectivity index (χ0) is 29.6. The molecule has 0 fully saturated rings. The predicted molar refractivity (Wildman–Crippen MR) is 151 cm³/mol. The molecule has 0 atom stereocenters. The maximum absolute atomic E-state index is 13.8. The first-order valence-corrected chi connectivity index (χ1v) is 14.2. The highest BCUT2D eigenvalue weighted by Gasteiger charge is 2.35. The Morgan fingerprint density at radius 1 is 0.951 bits per heavy atom. The van der Waals surface area contributed by atoms with E-state index in [0.717, 1.165) is 16.1 Å². The van der Waals surface area contributed by atoms with Crippen molar-refractivity contribution < 1.29 is 26.4 Å². The maximum atomic E-state index is 13.8. The van der Waals surface area contributed by atoms with Crippen LogP contribution in [0.5, 0.6) is 0 Å². The number of alkyl halides is 3.